The van der Waals surface area contributed by atoms with Gasteiger partial charge in [0.25, 0.3) is 5.91 Å². The average molecular weight is 356 g/mol. The van der Waals surface area contributed by atoms with Crippen LogP contribution >= 0.6 is 12.2 Å². The van der Waals surface area contributed by atoms with E-state index >= 15 is 0 Å². The first-order valence-electron chi connectivity index (χ1n) is 7.87. The largest absolute Gasteiger partial charge is 0.496 e. The number of likely N-dealkylation sites (N-methyl/N-ethyl adjacent to an activating group) is 1. The SMILES string of the molecule is COc1ccc(/C=C2/NC(=S)N(C)C2=O)cc1Cn1nc(C)cc1C. The molecule has 1 amide bonds. The van der Waals surface area contributed by atoms with Crippen molar-refractivity contribution in [1.82, 2.24) is 20.0 Å². The molecule has 130 valence electrons. The Bertz CT molecular complexity index is 885. The molecule has 6 nitrogen and oxygen atoms in total. The van der Waals surface area contributed by atoms with E-state index in [0.29, 0.717) is 17.4 Å². The average Bonchev–Trinajstić information content (AvgIpc) is 3.01. The molecule has 1 fully saturated rings. The summed E-state index contributed by atoms with van der Waals surface area (Å²) in [4.78, 5) is 13.6. The van der Waals surface area contributed by atoms with Crippen LogP contribution in [0.25, 0.3) is 6.08 Å². The molecule has 1 aliphatic rings. The van der Waals surface area contributed by atoms with Crippen LogP contribution < -0.4 is 10.1 Å². The normalized spacial score (nSPS) is 15.8. The van der Waals surface area contributed by atoms with Crippen molar-refractivity contribution in [2.75, 3.05) is 14.2 Å². The number of benzene rings is 1. The van der Waals surface area contributed by atoms with E-state index in [1.165, 1.54) is 4.90 Å². The smallest absolute Gasteiger partial charge is 0.276 e. The predicted octanol–water partition coefficient (Wildman–Crippen LogP) is 2.24. The lowest BCUT2D eigenvalue weighted by Crippen LogP contribution is -2.25. The highest BCUT2D eigenvalue weighted by Crippen LogP contribution is 2.23. The maximum absolute atomic E-state index is 12.1. The summed E-state index contributed by atoms with van der Waals surface area (Å²) in [6.07, 6.45) is 1.79. The molecule has 0 aliphatic carbocycles. The fraction of sp³-hybridized carbons (Fsp3) is 0.278. The van der Waals surface area contributed by atoms with E-state index in [-0.39, 0.29) is 5.91 Å². The van der Waals surface area contributed by atoms with Crippen molar-refractivity contribution in [2.45, 2.75) is 20.4 Å². The van der Waals surface area contributed by atoms with Gasteiger partial charge >= 0.3 is 0 Å². The molecule has 0 spiro atoms. The second-order valence-corrected chi connectivity index (χ2v) is 6.40. The van der Waals surface area contributed by atoms with Gasteiger partial charge < -0.3 is 10.1 Å². The van der Waals surface area contributed by atoms with Gasteiger partial charge in [-0.3, -0.25) is 14.4 Å². The first-order chi connectivity index (χ1) is 11.9. The lowest BCUT2D eigenvalue weighted by Gasteiger charge is -2.11. The van der Waals surface area contributed by atoms with Crippen molar-refractivity contribution in [1.29, 1.82) is 0 Å². The molecule has 3 rings (SSSR count). The Labute approximate surface area is 152 Å². The number of aromatic nitrogens is 2. The molecule has 1 aromatic heterocycles. The maximum atomic E-state index is 12.1. The number of carbonyl (C=O) groups is 1. The van der Waals surface area contributed by atoms with Crippen LogP contribution in [-0.4, -0.2) is 39.9 Å². The van der Waals surface area contributed by atoms with Gasteiger partial charge in [-0.1, -0.05) is 6.07 Å². The first kappa shape index (κ1) is 17.2. The van der Waals surface area contributed by atoms with E-state index in [4.69, 9.17) is 17.0 Å². The monoisotopic (exact) mass is 356 g/mol. The van der Waals surface area contributed by atoms with Crippen molar-refractivity contribution in [2.24, 2.45) is 0 Å². The molecule has 1 saturated heterocycles. The summed E-state index contributed by atoms with van der Waals surface area (Å²) in [5.41, 5.74) is 4.42. The molecule has 2 aromatic rings. The highest BCUT2D eigenvalue weighted by molar-refractivity contribution is 7.80. The zero-order chi connectivity index (χ0) is 18.1. The fourth-order valence-corrected chi connectivity index (χ4v) is 2.99. The van der Waals surface area contributed by atoms with E-state index in [1.54, 1.807) is 20.2 Å². The number of nitrogens with zero attached hydrogens (tertiary/aromatic N) is 3. The summed E-state index contributed by atoms with van der Waals surface area (Å²) in [7, 11) is 3.30. The van der Waals surface area contributed by atoms with Gasteiger partial charge in [0.15, 0.2) is 5.11 Å². The van der Waals surface area contributed by atoms with Crippen LogP contribution in [0, 0.1) is 13.8 Å². The van der Waals surface area contributed by atoms with E-state index in [2.05, 4.69) is 10.4 Å². The zero-order valence-corrected chi connectivity index (χ0v) is 15.5. The van der Waals surface area contributed by atoms with E-state index in [1.807, 2.05) is 42.8 Å². The molecule has 0 saturated carbocycles. The maximum Gasteiger partial charge on any atom is 0.276 e. The molecule has 1 aliphatic heterocycles. The Morgan fingerprint density at radius 2 is 2.08 bits per heavy atom. The quantitative estimate of drug-likeness (QED) is 0.673. The zero-order valence-electron chi connectivity index (χ0n) is 14.7. The van der Waals surface area contributed by atoms with Crippen LogP contribution in [0.5, 0.6) is 5.75 Å². The molecule has 1 aromatic carbocycles. The Morgan fingerprint density at radius 1 is 1.32 bits per heavy atom. The number of hydrogen-bond acceptors (Lipinski definition) is 4. The van der Waals surface area contributed by atoms with Gasteiger partial charge in [-0.2, -0.15) is 5.10 Å². The van der Waals surface area contributed by atoms with Gasteiger partial charge in [-0.05, 0) is 55.9 Å². The number of carbonyl (C=O) groups excluding carboxylic acids is 1. The lowest BCUT2D eigenvalue weighted by molar-refractivity contribution is -0.121. The molecule has 0 atom stereocenters. The van der Waals surface area contributed by atoms with Gasteiger partial charge in [0, 0.05) is 18.3 Å². The van der Waals surface area contributed by atoms with Crippen LogP contribution in [0.4, 0.5) is 0 Å². The van der Waals surface area contributed by atoms with Crippen LogP contribution in [0.15, 0.2) is 30.0 Å². The number of methoxy groups -OCH3 is 1. The molecule has 0 bridgehead atoms. The highest BCUT2D eigenvalue weighted by atomic mass is 32.1. The minimum absolute atomic E-state index is 0.138. The fourth-order valence-electron chi connectivity index (χ4n) is 2.80. The Morgan fingerprint density at radius 3 is 2.64 bits per heavy atom. The summed E-state index contributed by atoms with van der Waals surface area (Å²) in [6, 6.07) is 7.84. The van der Waals surface area contributed by atoms with Crippen molar-refractivity contribution in [3.63, 3.8) is 0 Å². The van der Waals surface area contributed by atoms with Crippen molar-refractivity contribution < 1.29 is 9.53 Å². The Hall–Kier alpha value is -2.67. The molecular formula is C18H20N4O2S. The molecular weight excluding hydrogens is 336 g/mol. The van der Waals surface area contributed by atoms with Gasteiger partial charge in [0.05, 0.1) is 19.3 Å². The molecule has 0 radical (unpaired) electrons. The van der Waals surface area contributed by atoms with E-state index < -0.39 is 0 Å². The number of amides is 1. The summed E-state index contributed by atoms with van der Waals surface area (Å²) < 4.78 is 7.41. The molecule has 1 N–H and O–H groups in total. The second kappa shape index (κ2) is 6.68. The standard InChI is InChI=1S/C18H20N4O2S/c1-11-7-12(2)22(20-11)10-14-8-13(5-6-16(14)24-4)9-15-17(23)21(3)18(25)19-15/h5-9H,10H2,1-4H3,(H,19,25)/b15-9+. The number of nitrogens with one attached hydrogen (secondary N) is 1. The number of hydrogen-bond donors (Lipinski definition) is 1. The minimum atomic E-state index is -0.138. The van der Waals surface area contributed by atoms with E-state index in [9.17, 15) is 4.79 Å². The van der Waals surface area contributed by atoms with Crippen molar-refractivity contribution in [3.8, 4) is 5.75 Å². The van der Waals surface area contributed by atoms with E-state index in [0.717, 1.165) is 28.3 Å². The van der Waals surface area contributed by atoms with Crippen LogP contribution in [0.2, 0.25) is 0 Å². The van der Waals surface area contributed by atoms with Gasteiger partial charge in [0.2, 0.25) is 0 Å². The lowest BCUT2D eigenvalue weighted by atomic mass is 10.1. The summed E-state index contributed by atoms with van der Waals surface area (Å²) >= 11 is 5.10. The topological polar surface area (TPSA) is 59.4 Å². The van der Waals surface area contributed by atoms with Gasteiger partial charge in [-0.15, -0.1) is 0 Å². The molecule has 7 heteroatoms. The van der Waals surface area contributed by atoms with Crippen LogP contribution in [0.1, 0.15) is 22.5 Å². The second-order valence-electron chi connectivity index (χ2n) is 6.01. The van der Waals surface area contributed by atoms with Crippen molar-refractivity contribution >= 4 is 29.3 Å². The third kappa shape index (κ3) is 3.41. The third-order valence-corrected chi connectivity index (χ3v) is 4.50. The number of ether oxygens (including phenoxy) is 1. The summed E-state index contributed by atoms with van der Waals surface area (Å²) in [5, 5.41) is 7.84. The highest BCUT2D eigenvalue weighted by Gasteiger charge is 2.26. The number of aryl methyl sites for hydroxylation is 2. The molecule has 0 unspecified atom stereocenters. The number of rotatable bonds is 4. The Balaban J connectivity index is 1.94. The van der Waals surface area contributed by atoms with Crippen LogP contribution in [-0.2, 0) is 11.3 Å². The molecule has 25 heavy (non-hydrogen) atoms. The van der Waals surface area contributed by atoms with Gasteiger partial charge in [-0.25, -0.2) is 0 Å². The summed E-state index contributed by atoms with van der Waals surface area (Å²) in [5.74, 6) is 0.647. The molecule has 2 heterocycles. The summed E-state index contributed by atoms with van der Waals surface area (Å²) in [6.45, 7) is 4.59. The first-order valence-corrected chi connectivity index (χ1v) is 8.28. The van der Waals surface area contributed by atoms with Crippen LogP contribution in [0.3, 0.4) is 0 Å². The predicted molar refractivity (Wildman–Crippen MR) is 100 cm³/mol. The Kier molecular flexibility index (Phi) is 4.59. The number of thiocarbonyl (C=S) groups is 1. The third-order valence-electron chi connectivity index (χ3n) is 4.12. The van der Waals surface area contributed by atoms with Crippen molar-refractivity contribution in [3.05, 3.63) is 52.5 Å². The minimum Gasteiger partial charge on any atom is -0.496 e. The van der Waals surface area contributed by atoms with Gasteiger partial charge in [0.1, 0.15) is 11.4 Å².